The fraction of sp³-hybridized carbons (Fsp3) is 0.138. The van der Waals surface area contributed by atoms with Crippen molar-refractivity contribution in [1.82, 2.24) is 4.98 Å². The molecule has 4 aromatic rings. The van der Waals surface area contributed by atoms with Crippen LogP contribution in [0.2, 0.25) is 0 Å². The Balaban J connectivity index is 1.33. The summed E-state index contributed by atoms with van der Waals surface area (Å²) in [6.45, 7) is 0.588. The summed E-state index contributed by atoms with van der Waals surface area (Å²) in [5.41, 5.74) is 5.14. The summed E-state index contributed by atoms with van der Waals surface area (Å²) in [7, 11) is -3.31. The van der Waals surface area contributed by atoms with Crippen LogP contribution < -0.4 is 10.2 Å². The number of carbonyl (C=O) groups is 2. The predicted octanol–water partition coefficient (Wildman–Crippen LogP) is 4.54. The Bertz CT molecular complexity index is 1580. The minimum Gasteiger partial charge on any atom is -0.322 e. The van der Waals surface area contributed by atoms with Crippen molar-refractivity contribution < 1.29 is 18.0 Å². The second-order valence-electron chi connectivity index (χ2n) is 8.93. The van der Waals surface area contributed by atoms with Crippen molar-refractivity contribution in [2.24, 2.45) is 0 Å². The van der Waals surface area contributed by atoms with Crippen LogP contribution in [0, 0.1) is 0 Å². The molecule has 0 saturated heterocycles. The lowest BCUT2D eigenvalue weighted by atomic mass is 9.99. The zero-order chi connectivity index (χ0) is 26.0. The highest BCUT2D eigenvalue weighted by Gasteiger charge is 2.25. The number of pyridine rings is 1. The smallest absolute Gasteiger partial charge is 0.256 e. The van der Waals surface area contributed by atoms with Crippen LogP contribution in [0.5, 0.6) is 0 Å². The molecule has 0 fully saturated rings. The van der Waals surface area contributed by atoms with Gasteiger partial charge in [0.15, 0.2) is 9.84 Å². The number of fused-ring (bicyclic) bond motifs is 1. The van der Waals surface area contributed by atoms with Gasteiger partial charge < -0.3 is 10.2 Å². The molecule has 0 spiro atoms. The van der Waals surface area contributed by atoms with E-state index in [2.05, 4.69) is 10.3 Å². The van der Waals surface area contributed by atoms with Crippen molar-refractivity contribution in [2.75, 3.05) is 23.0 Å². The van der Waals surface area contributed by atoms with Gasteiger partial charge >= 0.3 is 0 Å². The van der Waals surface area contributed by atoms with E-state index in [1.54, 1.807) is 53.6 Å². The molecular weight excluding hydrogens is 486 g/mol. The van der Waals surface area contributed by atoms with Crippen LogP contribution in [0.4, 0.5) is 11.4 Å². The molecule has 2 heterocycles. The summed E-state index contributed by atoms with van der Waals surface area (Å²) >= 11 is 0. The van der Waals surface area contributed by atoms with Crippen LogP contribution in [0.15, 0.2) is 96.0 Å². The average Bonchev–Trinajstić information content (AvgIpc) is 3.32. The number of hydrogen-bond donors (Lipinski definition) is 1. The Labute approximate surface area is 215 Å². The van der Waals surface area contributed by atoms with Crippen molar-refractivity contribution in [1.29, 1.82) is 0 Å². The number of anilines is 2. The summed E-state index contributed by atoms with van der Waals surface area (Å²) in [4.78, 5) is 32.3. The summed E-state index contributed by atoms with van der Waals surface area (Å²) in [5.74, 6) is -0.283. The maximum Gasteiger partial charge on any atom is 0.256 e. The molecule has 0 bridgehead atoms. The lowest BCUT2D eigenvalue weighted by molar-refractivity contribution is -0.117. The van der Waals surface area contributed by atoms with E-state index in [1.807, 2.05) is 42.5 Å². The molecule has 8 heteroatoms. The van der Waals surface area contributed by atoms with Crippen molar-refractivity contribution in [3.8, 4) is 11.1 Å². The molecule has 37 heavy (non-hydrogen) atoms. The fourth-order valence-electron chi connectivity index (χ4n) is 4.50. The SMILES string of the molecule is CS(=O)(=O)c1ccc(-c2ccccc2C(=O)Nc2ccc3c(c2)CCN3C(=O)Cc2ccccn2)cc1. The van der Waals surface area contributed by atoms with Crippen LogP contribution in [0.25, 0.3) is 11.1 Å². The van der Waals surface area contributed by atoms with E-state index in [0.29, 0.717) is 29.8 Å². The summed E-state index contributed by atoms with van der Waals surface area (Å²) < 4.78 is 23.6. The third-order valence-corrected chi connectivity index (χ3v) is 7.49. The van der Waals surface area contributed by atoms with Crippen molar-refractivity contribution >= 4 is 33.0 Å². The van der Waals surface area contributed by atoms with Gasteiger partial charge in [0.2, 0.25) is 5.91 Å². The number of rotatable bonds is 6. The van der Waals surface area contributed by atoms with E-state index in [4.69, 9.17) is 0 Å². The van der Waals surface area contributed by atoms with Crippen molar-refractivity contribution in [3.05, 3.63) is 108 Å². The first-order valence-corrected chi connectivity index (χ1v) is 13.7. The average molecular weight is 512 g/mol. The van der Waals surface area contributed by atoms with Crippen LogP contribution in [-0.4, -0.2) is 38.0 Å². The standard InChI is InChI=1S/C29H25N3O4S/c1-37(35,36)24-12-9-20(10-13-24)25-7-2-3-8-26(25)29(34)31-23-11-14-27-21(18-23)15-17-32(27)28(33)19-22-6-4-5-16-30-22/h2-14,16,18H,15,17,19H2,1H3,(H,31,34). The highest BCUT2D eigenvalue weighted by molar-refractivity contribution is 7.90. The highest BCUT2D eigenvalue weighted by atomic mass is 32.2. The monoisotopic (exact) mass is 511 g/mol. The molecule has 0 atom stereocenters. The second-order valence-corrected chi connectivity index (χ2v) is 10.9. The van der Waals surface area contributed by atoms with E-state index in [1.165, 1.54) is 0 Å². The quantitative estimate of drug-likeness (QED) is 0.410. The Hall–Kier alpha value is -4.30. The molecule has 0 radical (unpaired) electrons. The van der Waals surface area contributed by atoms with Gasteiger partial charge in [0.1, 0.15) is 0 Å². The molecule has 1 aliphatic heterocycles. The number of aromatic nitrogens is 1. The molecule has 1 N–H and O–H groups in total. The van der Waals surface area contributed by atoms with Gasteiger partial charge in [0.25, 0.3) is 5.91 Å². The number of hydrogen-bond acceptors (Lipinski definition) is 5. The minimum atomic E-state index is -3.31. The maximum absolute atomic E-state index is 13.2. The van der Waals surface area contributed by atoms with Gasteiger partial charge in [-0.15, -0.1) is 0 Å². The summed E-state index contributed by atoms with van der Waals surface area (Å²) in [6, 6.07) is 24.8. The van der Waals surface area contributed by atoms with Gasteiger partial charge in [0.05, 0.1) is 11.3 Å². The van der Waals surface area contributed by atoms with Crippen LogP contribution in [0.1, 0.15) is 21.6 Å². The highest BCUT2D eigenvalue weighted by Crippen LogP contribution is 2.32. The van der Waals surface area contributed by atoms with Gasteiger partial charge in [-0.3, -0.25) is 14.6 Å². The molecular formula is C29H25N3O4S. The van der Waals surface area contributed by atoms with E-state index in [9.17, 15) is 18.0 Å². The lowest BCUT2D eigenvalue weighted by Gasteiger charge is -2.17. The van der Waals surface area contributed by atoms with Crippen LogP contribution >= 0.6 is 0 Å². The summed E-state index contributed by atoms with van der Waals surface area (Å²) in [5, 5.41) is 2.97. The van der Waals surface area contributed by atoms with E-state index in [0.717, 1.165) is 28.8 Å². The molecule has 7 nitrogen and oxygen atoms in total. The number of carbonyl (C=O) groups excluding carboxylic acids is 2. The number of benzene rings is 3. The van der Waals surface area contributed by atoms with Crippen molar-refractivity contribution in [2.45, 2.75) is 17.7 Å². The number of nitrogens with zero attached hydrogens (tertiary/aromatic N) is 2. The first-order valence-electron chi connectivity index (χ1n) is 11.8. The van der Waals surface area contributed by atoms with Crippen LogP contribution in [0.3, 0.4) is 0 Å². The lowest BCUT2D eigenvalue weighted by Crippen LogP contribution is -2.30. The van der Waals surface area contributed by atoms with Gasteiger partial charge in [-0.25, -0.2) is 8.42 Å². The van der Waals surface area contributed by atoms with Gasteiger partial charge in [0, 0.05) is 41.6 Å². The number of sulfone groups is 1. The second kappa shape index (κ2) is 9.99. The molecule has 5 rings (SSSR count). The first-order chi connectivity index (χ1) is 17.8. The topological polar surface area (TPSA) is 96.4 Å². The number of nitrogens with one attached hydrogen (secondary N) is 1. The molecule has 1 aliphatic rings. The van der Waals surface area contributed by atoms with Crippen LogP contribution in [-0.2, 0) is 27.5 Å². The third-order valence-electron chi connectivity index (χ3n) is 6.36. The Morgan fingerprint density at radius 3 is 2.43 bits per heavy atom. The third kappa shape index (κ3) is 5.29. The fourth-order valence-corrected chi connectivity index (χ4v) is 5.14. The number of amides is 2. The molecule has 3 aromatic carbocycles. The Morgan fingerprint density at radius 1 is 0.946 bits per heavy atom. The van der Waals surface area contributed by atoms with Gasteiger partial charge in [-0.1, -0.05) is 36.4 Å². The molecule has 0 saturated carbocycles. The first kappa shape index (κ1) is 24.4. The Kier molecular flexibility index (Phi) is 6.58. The molecule has 0 aliphatic carbocycles. The van der Waals surface area contributed by atoms with E-state index < -0.39 is 9.84 Å². The molecule has 0 unspecified atom stereocenters. The molecule has 2 amide bonds. The normalized spacial score (nSPS) is 12.7. The minimum absolute atomic E-state index is 0.00921. The largest absolute Gasteiger partial charge is 0.322 e. The van der Waals surface area contributed by atoms with Crippen molar-refractivity contribution in [3.63, 3.8) is 0 Å². The zero-order valence-electron chi connectivity index (χ0n) is 20.2. The zero-order valence-corrected chi connectivity index (χ0v) is 21.0. The van der Waals surface area contributed by atoms with E-state index >= 15 is 0 Å². The van der Waals surface area contributed by atoms with Gasteiger partial charge in [-0.05, 0) is 71.6 Å². The Morgan fingerprint density at radius 2 is 1.70 bits per heavy atom. The molecule has 186 valence electrons. The van der Waals surface area contributed by atoms with Gasteiger partial charge in [-0.2, -0.15) is 0 Å². The predicted molar refractivity (Wildman–Crippen MR) is 143 cm³/mol. The summed E-state index contributed by atoms with van der Waals surface area (Å²) in [6.07, 6.45) is 3.78. The maximum atomic E-state index is 13.2. The molecule has 1 aromatic heterocycles. The van der Waals surface area contributed by atoms with E-state index in [-0.39, 0.29) is 23.1 Å².